The number of anilines is 2. The smallest absolute Gasteiger partial charge is 0.242 e. The zero-order valence-corrected chi connectivity index (χ0v) is 11.9. The molecule has 6 heteroatoms. The van der Waals surface area contributed by atoms with E-state index in [0.717, 1.165) is 23.9 Å². The van der Waals surface area contributed by atoms with Crippen LogP contribution in [0.2, 0.25) is 0 Å². The van der Waals surface area contributed by atoms with Crippen LogP contribution in [-0.2, 0) is 0 Å². The summed E-state index contributed by atoms with van der Waals surface area (Å²) in [7, 11) is 0. The zero-order valence-electron chi connectivity index (χ0n) is 11.1. The van der Waals surface area contributed by atoms with Crippen LogP contribution < -0.4 is 15.4 Å². The first-order valence-corrected chi connectivity index (χ1v) is 7.36. The number of aromatic nitrogens is 2. The van der Waals surface area contributed by atoms with E-state index in [2.05, 4.69) is 21.8 Å². The van der Waals surface area contributed by atoms with Crippen molar-refractivity contribution in [1.29, 1.82) is 0 Å². The number of thioether (sulfide) groups is 1. The van der Waals surface area contributed by atoms with Gasteiger partial charge in [0.15, 0.2) is 5.82 Å². The molecule has 1 unspecified atom stereocenters. The summed E-state index contributed by atoms with van der Waals surface area (Å²) in [6.45, 7) is 7.08. The number of nitrogens with zero attached hydrogens (tertiary/aromatic N) is 3. The minimum atomic E-state index is 0.0596. The number of nitrogens with two attached hydrogens (primary N) is 1. The molecular formula is C12H20N4OS. The van der Waals surface area contributed by atoms with Crippen molar-refractivity contribution in [2.45, 2.75) is 32.9 Å². The maximum Gasteiger partial charge on any atom is 0.242 e. The molecule has 0 saturated carbocycles. The third-order valence-electron chi connectivity index (χ3n) is 2.81. The van der Waals surface area contributed by atoms with E-state index in [1.54, 1.807) is 0 Å². The number of nitrogen functional groups attached to an aromatic ring is 1. The van der Waals surface area contributed by atoms with E-state index >= 15 is 0 Å². The molecule has 1 fully saturated rings. The Balaban J connectivity index is 2.27. The van der Waals surface area contributed by atoms with Crippen LogP contribution in [0.5, 0.6) is 5.88 Å². The van der Waals surface area contributed by atoms with Gasteiger partial charge >= 0.3 is 0 Å². The highest BCUT2D eigenvalue weighted by atomic mass is 32.2. The molecular weight excluding hydrogens is 248 g/mol. The minimum absolute atomic E-state index is 0.0596. The highest BCUT2D eigenvalue weighted by molar-refractivity contribution is 7.99. The Morgan fingerprint density at radius 3 is 2.94 bits per heavy atom. The van der Waals surface area contributed by atoms with Crippen molar-refractivity contribution in [2.24, 2.45) is 0 Å². The molecule has 1 aromatic heterocycles. The molecule has 0 bridgehead atoms. The van der Waals surface area contributed by atoms with Crippen LogP contribution in [0, 0.1) is 0 Å². The zero-order chi connectivity index (χ0) is 13.1. The summed E-state index contributed by atoms with van der Waals surface area (Å²) in [5.74, 6) is 3.49. The number of rotatable bonds is 3. The van der Waals surface area contributed by atoms with Crippen LogP contribution in [-0.4, -0.2) is 40.2 Å². The van der Waals surface area contributed by atoms with Crippen molar-refractivity contribution < 1.29 is 4.74 Å². The fourth-order valence-corrected chi connectivity index (χ4v) is 2.97. The van der Waals surface area contributed by atoms with Gasteiger partial charge in [0, 0.05) is 24.1 Å². The summed E-state index contributed by atoms with van der Waals surface area (Å²) in [5.41, 5.74) is 6.67. The molecule has 0 aliphatic carbocycles. The monoisotopic (exact) mass is 268 g/mol. The predicted octanol–water partition coefficient (Wildman–Crippen LogP) is 1.79. The summed E-state index contributed by atoms with van der Waals surface area (Å²) < 4.78 is 5.60. The van der Waals surface area contributed by atoms with E-state index in [-0.39, 0.29) is 6.10 Å². The van der Waals surface area contributed by atoms with E-state index in [0.29, 0.717) is 17.6 Å². The van der Waals surface area contributed by atoms with Crippen molar-refractivity contribution in [3.05, 3.63) is 6.33 Å². The Kier molecular flexibility index (Phi) is 4.16. The number of hydrogen-bond acceptors (Lipinski definition) is 6. The highest BCUT2D eigenvalue weighted by Gasteiger charge is 2.23. The Labute approximate surface area is 112 Å². The quantitative estimate of drug-likeness (QED) is 0.901. The normalized spacial score (nSPS) is 20.2. The fourth-order valence-electron chi connectivity index (χ4n) is 1.96. The van der Waals surface area contributed by atoms with Gasteiger partial charge in [-0.25, -0.2) is 4.98 Å². The van der Waals surface area contributed by atoms with Crippen molar-refractivity contribution in [2.75, 3.05) is 28.7 Å². The molecule has 1 saturated heterocycles. The highest BCUT2D eigenvalue weighted by Crippen LogP contribution is 2.31. The molecule has 2 N–H and O–H groups in total. The van der Waals surface area contributed by atoms with Gasteiger partial charge in [-0.1, -0.05) is 0 Å². The molecule has 1 aromatic rings. The van der Waals surface area contributed by atoms with Gasteiger partial charge in [-0.3, -0.25) is 0 Å². The second-order valence-corrected chi connectivity index (χ2v) is 5.85. The third kappa shape index (κ3) is 2.80. The van der Waals surface area contributed by atoms with E-state index in [9.17, 15) is 0 Å². The maximum absolute atomic E-state index is 6.13. The first-order valence-electron chi connectivity index (χ1n) is 6.21. The standard InChI is InChI=1S/C12H20N4OS/c1-8(2)17-12-10(13)11(14-7-15-12)16-4-5-18-6-9(16)3/h7-9H,4-6,13H2,1-3H3. The predicted molar refractivity (Wildman–Crippen MR) is 76.3 cm³/mol. The Morgan fingerprint density at radius 1 is 1.50 bits per heavy atom. The van der Waals surface area contributed by atoms with Gasteiger partial charge in [0.1, 0.15) is 12.0 Å². The van der Waals surface area contributed by atoms with Crippen molar-refractivity contribution in [1.82, 2.24) is 9.97 Å². The summed E-state index contributed by atoms with van der Waals surface area (Å²) in [5, 5.41) is 0. The van der Waals surface area contributed by atoms with Crippen LogP contribution in [0.4, 0.5) is 11.5 Å². The minimum Gasteiger partial charge on any atom is -0.473 e. The SMILES string of the molecule is CC(C)Oc1ncnc(N2CCSCC2C)c1N. The number of ether oxygens (including phenoxy) is 1. The average Bonchev–Trinajstić information content (AvgIpc) is 2.32. The second-order valence-electron chi connectivity index (χ2n) is 4.70. The molecule has 100 valence electrons. The summed E-state index contributed by atoms with van der Waals surface area (Å²) in [6.07, 6.45) is 1.59. The van der Waals surface area contributed by atoms with Crippen LogP contribution in [0.25, 0.3) is 0 Å². The largest absolute Gasteiger partial charge is 0.473 e. The Hall–Kier alpha value is -1.17. The maximum atomic E-state index is 6.13. The molecule has 0 radical (unpaired) electrons. The fraction of sp³-hybridized carbons (Fsp3) is 0.667. The van der Waals surface area contributed by atoms with Gasteiger partial charge in [-0.2, -0.15) is 16.7 Å². The molecule has 0 spiro atoms. The molecule has 2 heterocycles. The average molecular weight is 268 g/mol. The van der Waals surface area contributed by atoms with Crippen LogP contribution in [0.3, 0.4) is 0 Å². The van der Waals surface area contributed by atoms with E-state index < -0.39 is 0 Å². The van der Waals surface area contributed by atoms with E-state index in [4.69, 9.17) is 10.5 Å². The lowest BCUT2D eigenvalue weighted by atomic mass is 10.3. The topological polar surface area (TPSA) is 64.3 Å². The third-order valence-corrected chi connectivity index (χ3v) is 4.00. The Morgan fingerprint density at radius 2 is 2.28 bits per heavy atom. The summed E-state index contributed by atoms with van der Waals surface area (Å²) >= 11 is 1.96. The van der Waals surface area contributed by atoms with Crippen molar-refractivity contribution in [3.63, 3.8) is 0 Å². The summed E-state index contributed by atoms with van der Waals surface area (Å²) in [4.78, 5) is 10.7. The molecule has 18 heavy (non-hydrogen) atoms. The van der Waals surface area contributed by atoms with Crippen LogP contribution in [0.15, 0.2) is 6.33 Å². The summed E-state index contributed by atoms with van der Waals surface area (Å²) in [6, 6.07) is 0.438. The first-order chi connectivity index (χ1) is 8.59. The van der Waals surface area contributed by atoms with Gasteiger partial charge in [0.05, 0.1) is 6.10 Å². The second kappa shape index (κ2) is 5.65. The van der Waals surface area contributed by atoms with Gasteiger partial charge in [-0.05, 0) is 20.8 Å². The van der Waals surface area contributed by atoms with Crippen LogP contribution in [0.1, 0.15) is 20.8 Å². The van der Waals surface area contributed by atoms with Gasteiger partial charge in [-0.15, -0.1) is 0 Å². The lowest BCUT2D eigenvalue weighted by molar-refractivity contribution is 0.234. The first kappa shape index (κ1) is 13.3. The molecule has 1 aliphatic rings. The van der Waals surface area contributed by atoms with E-state index in [1.807, 2.05) is 25.6 Å². The van der Waals surface area contributed by atoms with Gasteiger partial charge in [0.2, 0.25) is 5.88 Å². The van der Waals surface area contributed by atoms with Crippen molar-refractivity contribution >= 4 is 23.3 Å². The lowest BCUT2D eigenvalue weighted by Crippen LogP contribution is -2.41. The molecule has 2 rings (SSSR count). The van der Waals surface area contributed by atoms with Crippen LogP contribution >= 0.6 is 11.8 Å². The molecule has 1 aliphatic heterocycles. The molecule has 1 atom stereocenters. The molecule has 0 amide bonds. The molecule has 5 nitrogen and oxygen atoms in total. The lowest BCUT2D eigenvalue weighted by Gasteiger charge is -2.34. The van der Waals surface area contributed by atoms with Gasteiger partial charge in [0.25, 0.3) is 0 Å². The number of hydrogen-bond donors (Lipinski definition) is 1. The van der Waals surface area contributed by atoms with E-state index in [1.165, 1.54) is 6.33 Å². The Bertz CT molecular complexity index is 413. The van der Waals surface area contributed by atoms with Gasteiger partial charge < -0.3 is 15.4 Å². The molecule has 0 aromatic carbocycles. The van der Waals surface area contributed by atoms with Crippen molar-refractivity contribution in [3.8, 4) is 5.88 Å².